The number of nitrogens with one attached hydrogen (secondary N) is 2. The fourth-order valence-electron chi connectivity index (χ4n) is 3.73. The lowest BCUT2D eigenvalue weighted by atomic mass is 10.0. The molecule has 1 amide bonds. The Bertz CT molecular complexity index is 1180. The number of methoxy groups -OCH3 is 1. The summed E-state index contributed by atoms with van der Waals surface area (Å²) in [6.45, 7) is 2.08. The SMILES string of the molecule is CCC(NNC(=O)c1c(OC)c(-c2ccccc2)nc2ccccc12)c1ccccc1. The Kier molecular flexibility index (Phi) is 6.24. The maximum absolute atomic E-state index is 13.4. The lowest BCUT2D eigenvalue weighted by Gasteiger charge is -2.20. The minimum atomic E-state index is -0.262. The molecule has 0 spiro atoms. The van der Waals surface area contributed by atoms with Gasteiger partial charge in [0, 0.05) is 10.9 Å². The molecule has 2 N–H and O–H groups in total. The summed E-state index contributed by atoms with van der Waals surface area (Å²) >= 11 is 0. The summed E-state index contributed by atoms with van der Waals surface area (Å²) in [6, 6.07) is 27.4. The number of benzene rings is 3. The second kappa shape index (κ2) is 9.41. The van der Waals surface area contributed by atoms with Crippen LogP contribution in [0.15, 0.2) is 84.9 Å². The fourth-order valence-corrected chi connectivity index (χ4v) is 3.73. The number of nitrogens with zero attached hydrogens (tertiary/aromatic N) is 1. The molecular formula is C26H25N3O2. The number of aromatic nitrogens is 1. The normalized spacial score (nSPS) is 11.8. The first-order valence-corrected chi connectivity index (χ1v) is 10.4. The molecule has 3 aromatic carbocycles. The molecule has 5 heteroatoms. The summed E-state index contributed by atoms with van der Waals surface area (Å²) in [5, 5.41) is 0.742. The molecular weight excluding hydrogens is 386 g/mol. The summed E-state index contributed by atoms with van der Waals surface area (Å²) in [5.74, 6) is 0.193. The Morgan fingerprint density at radius 1 is 0.935 bits per heavy atom. The van der Waals surface area contributed by atoms with Gasteiger partial charge in [0.25, 0.3) is 5.91 Å². The number of pyridine rings is 1. The molecule has 1 atom stereocenters. The lowest BCUT2D eigenvalue weighted by molar-refractivity contribution is 0.0923. The number of hydrogen-bond donors (Lipinski definition) is 2. The third-order valence-corrected chi connectivity index (χ3v) is 5.30. The molecule has 4 rings (SSSR count). The van der Waals surface area contributed by atoms with Crippen molar-refractivity contribution in [2.45, 2.75) is 19.4 Å². The lowest BCUT2D eigenvalue weighted by Crippen LogP contribution is -2.40. The molecule has 1 heterocycles. The van der Waals surface area contributed by atoms with Crippen LogP contribution in [0.2, 0.25) is 0 Å². The summed E-state index contributed by atoms with van der Waals surface area (Å²) in [4.78, 5) is 18.2. The van der Waals surface area contributed by atoms with E-state index >= 15 is 0 Å². The summed E-state index contributed by atoms with van der Waals surface area (Å²) in [6.07, 6.45) is 0.827. The van der Waals surface area contributed by atoms with Gasteiger partial charge in [-0.25, -0.2) is 10.4 Å². The van der Waals surface area contributed by atoms with E-state index in [4.69, 9.17) is 9.72 Å². The van der Waals surface area contributed by atoms with Crippen LogP contribution in [0.25, 0.3) is 22.2 Å². The van der Waals surface area contributed by atoms with Crippen LogP contribution in [0.4, 0.5) is 0 Å². The molecule has 1 aromatic heterocycles. The highest BCUT2D eigenvalue weighted by Gasteiger charge is 2.23. The average Bonchev–Trinajstić information content (AvgIpc) is 2.84. The fraction of sp³-hybridized carbons (Fsp3) is 0.154. The molecule has 0 bridgehead atoms. The van der Waals surface area contributed by atoms with Crippen LogP contribution in [-0.4, -0.2) is 18.0 Å². The van der Waals surface area contributed by atoms with E-state index in [0.717, 1.165) is 28.5 Å². The van der Waals surface area contributed by atoms with E-state index < -0.39 is 0 Å². The Labute approximate surface area is 182 Å². The van der Waals surface area contributed by atoms with Crippen LogP contribution in [0, 0.1) is 0 Å². The first kappa shape index (κ1) is 20.6. The van der Waals surface area contributed by atoms with Gasteiger partial charge in [0.15, 0.2) is 5.75 Å². The molecule has 31 heavy (non-hydrogen) atoms. The van der Waals surface area contributed by atoms with Crippen molar-refractivity contribution in [1.82, 2.24) is 15.8 Å². The van der Waals surface area contributed by atoms with Crippen LogP contribution in [0.3, 0.4) is 0 Å². The molecule has 0 fully saturated rings. The van der Waals surface area contributed by atoms with Crippen molar-refractivity contribution < 1.29 is 9.53 Å². The Balaban J connectivity index is 1.74. The number of amides is 1. The molecule has 0 saturated carbocycles. The van der Waals surface area contributed by atoms with Crippen LogP contribution in [-0.2, 0) is 0 Å². The molecule has 0 aliphatic carbocycles. The van der Waals surface area contributed by atoms with E-state index in [1.807, 2.05) is 84.9 Å². The number of rotatable bonds is 7. The largest absolute Gasteiger partial charge is 0.494 e. The van der Waals surface area contributed by atoms with Gasteiger partial charge < -0.3 is 4.74 Å². The third kappa shape index (κ3) is 4.27. The van der Waals surface area contributed by atoms with Gasteiger partial charge in [-0.3, -0.25) is 10.2 Å². The molecule has 0 aliphatic rings. The third-order valence-electron chi connectivity index (χ3n) is 5.30. The number of hydrogen-bond acceptors (Lipinski definition) is 4. The van der Waals surface area contributed by atoms with Crippen molar-refractivity contribution >= 4 is 16.8 Å². The van der Waals surface area contributed by atoms with Crippen molar-refractivity contribution in [1.29, 1.82) is 0 Å². The second-order valence-corrected chi connectivity index (χ2v) is 7.22. The minimum Gasteiger partial charge on any atom is -0.494 e. The molecule has 0 saturated heterocycles. The van der Waals surface area contributed by atoms with E-state index in [0.29, 0.717) is 17.0 Å². The van der Waals surface area contributed by atoms with Crippen LogP contribution < -0.4 is 15.6 Å². The van der Waals surface area contributed by atoms with E-state index in [1.165, 1.54) is 0 Å². The van der Waals surface area contributed by atoms with Crippen LogP contribution in [0.5, 0.6) is 5.75 Å². The molecule has 5 nitrogen and oxygen atoms in total. The second-order valence-electron chi connectivity index (χ2n) is 7.22. The number of carbonyl (C=O) groups is 1. The summed E-state index contributed by atoms with van der Waals surface area (Å²) in [5.41, 5.74) is 9.92. The molecule has 156 valence electrons. The van der Waals surface area contributed by atoms with Gasteiger partial charge >= 0.3 is 0 Å². The number of fused-ring (bicyclic) bond motifs is 1. The Morgan fingerprint density at radius 2 is 1.58 bits per heavy atom. The zero-order valence-electron chi connectivity index (χ0n) is 17.6. The highest BCUT2D eigenvalue weighted by atomic mass is 16.5. The van der Waals surface area contributed by atoms with Crippen molar-refractivity contribution in [3.8, 4) is 17.0 Å². The smallest absolute Gasteiger partial charge is 0.269 e. The highest BCUT2D eigenvalue weighted by molar-refractivity contribution is 6.10. The monoisotopic (exact) mass is 411 g/mol. The van der Waals surface area contributed by atoms with Gasteiger partial charge in [-0.15, -0.1) is 0 Å². The topological polar surface area (TPSA) is 63.2 Å². The van der Waals surface area contributed by atoms with Gasteiger partial charge in [0.2, 0.25) is 0 Å². The van der Waals surface area contributed by atoms with Crippen LogP contribution >= 0.6 is 0 Å². The van der Waals surface area contributed by atoms with Gasteiger partial charge in [-0.2, -0.15) is 0 Å². The first-order valence-electron chi connectivity index (χ1n) is 10.4. The van der Waals surface area contributed by atoms with Crippen molar-refractivity contribution in [2.24, 2.45) is 0 Å². The molecule has 0 radical (unpaired) electrons. The maximum atomic E-state index is 13.4. The standard InChI is InChI=1S/C26H25N3O2/c1-3-21(18-12-6-4-7-13-18)28-29-26(30)23-20-16-10-11-17-22(20)27-24(25(23)31-2)19-14-8-5-9-15-19/h4-17,21,28H,3H2,1-2H3,(H,29,30). The van der Waals surface area contributed by atoms with Gasteiger partial charge in [-0.1, -0.05) is 85.8 Å². The number of carbonyl (C=O) groups excluding carboxylic acids is 1. The molecule has 0 aliphatic heterocycles. The Hall–Kier alpha value is -3.70. The zero-order chi connectivity index (χ0) is 21.6. The van der Waals surface area contributed by atoms with Gasteiger partial charge in [0.05, 0.1) is 24.2 Å². The predicted octanol–water partition coefficient (Wildman–Crippen LogP) is 5.30. The van der Waals surface area contributed by atoms with Gasteiger partial charge in [0.1, 0.15) is 5.69 Å². The molecule has 1 unspecified atom stereocenters. The minimum absolute atomic E-state index is 0.00200. The van der Waals surface area contributed by atoms with E-state index in [-0.39, 0.29) is 11.9 Å². The average molecular weight is 412 g/mol. The molecule has 4 aromatic rings. The number of ether oxygens (including phenoxy) is 1. The number of hydrazine groups is 1. The Morgan fingerprint density at radius 3 is 2.26 bits per heavy atom. The van der Waals surface area contributed by atoms with Crippen molar-refractivity contribution in [2.75, 3.05) is 7.11 Å². The van der Waals surface area contributed by atoms with Crippen molar-refractivity contribution in [3.05, 3.63) is 96.1 Å². The summed E-state index contributed by atoms with van der Waals surface area (Å²) in [7, 11) is 1.57. The van der Waals surface area contributed by atoms with E-state index in [2.05, 4.69) is 17.8 Å². The van der Waals surface area contributed by atoms with E-state index in [1.54, 1.807) is 7.11 Å². The quantitative estimate of drug-likeness (QED) is 0.405. The predicted molar refractivity (Wildman–Crippen MR) is 124 cm³/mol. The maximum Gasteiger partial charge on any atom is 0.269 e. The first-order chi connectivity index (χ1) is 15.2. The summed E-state index contributed by atoms with van der Waals surface area (Å²) < 4.78 is 5.73. The van der Waals surface area contributed by atoms with E-state index in [9.17, 15) is 4.79 Å². The highest BCUT2D eigenvalue weighted by Crippen LogP contribution is 2.36. The zero-order valence-corrected chi connectivity index (χ0v) is 17.6. The van der Waals surface area contributed by atoms with Crippen LogP contribution in [0.1, 0.15) is 35.3 Å². The van der Waals surface area contributed by atoms with Crippen molar-refractivity contribution in [3.63, 3.8) is 0 Å². The van der Waals surface area contributed by atoms with Gasteiger partial charge in [-0.05, 0) is 18.1 Å². The number of para-hydroxylation sites is 1.